The molecule has 0 amide bonds. The van der Waals surface area contributed by atoms with Crippen LogP contribution in [0.15, 0.2) is 36.5 Å². The van der Waals surface area contributed by atoms with Gasteiger partial charge in [0.1, 0.15) is 0 Å². The number of aromatic nitrogens is 3. The van der Waals surface area contributed by atoms with Crippen molar-refractivity contribution in [2.24, 2.45) is 0 Å². The van der Waals surface area contributed by atoms with E-state index in [1.54, 1.807) is 0 Å². The van der Waals surface area contributed by atoms with Crippen molar-refractivity contribution in [2.75, 3.05) is 0 Å². The van der Waals surface area contributed by atoms with Crippen LogP contribution in [0, 0.1) is 13.8 Å². The largest absolute Gasteiger partial charge is 0.481 e. The summed E-state index contributed by atoms with van der Waals surface area (Å²) in [6.45, 7) is 6.06. The minimum absolute atomic E-state index is 0.0832. The SMILES string of the molecule is Cc1nc2c(cnn2C(C)c2ccccc2)c(C)c1CCC(=O)O. The van der Waals surface area contributed by atoms with E-state index in [9.17, 15) is 4.79 Å². The Kier molecular flexibility index (Phi) is 4.34. The van der Waals surface area contributed by atoms with Crippen LogP contribution in [0.25, 0.3) is 11.0 Å². The summed E-state index contributed by atoms with van der Waals surface area (Å²) in [5, 5.41) is 14.5. The number of benzene rings is 1. The Hall–Kier alpha value is -2.69. The zero-order valence-corrected chi connectivity index (χ0v) is 14.2. The summed E-state index contributed by atoms with van der Waals surface area (Å²) >= 11 is 0. The lowest BCUT2D eigenvalue weighted by atomic mass is 10.0. The molecule has 0 aliphatic rings. The first-order valence-corrected chi connectivity index (χ1v) is 8.09. The minimum atomic E-state index is -0.790. The smallest absolute Gasteiger partial charge is 0.303 e. The molecule has 2 heterocycles. The van der Waals surface area contributed by atoms with E-state index in [0.717, 1.165) is 27.9 Å². The Morgan fingerprint density at radius 2 is 1.96 bits per heavy atom. The van der Waals surface area contributed by atoms with Crippen LogP contribution in [0.4, 0.5) is 0 Å². The van der Waals surface area contributed by atoms with Crippen molar-refractivity contribution in [1.82, 2.24) is 14.8 Å². The number of nitrogens with zero attached hydrogens (tertiary/aromatic N) is 3. The maximum Gasteiger partial charge on any atom is 0.303 e. The highest BCUT2D eigenvalue weighted by Crippen LogP contribution is 2.27. The molecule has 0 saturated heterocycles. The molecule has 124 valence electrons. The molecular weight excluding hydrogens is 302 g/mol. The lowest BCUT2D eigenvalue weighted by Gasteiger charge is -2.15. The van der Waals surface area contributed by atoms with Crippen LogP contribution >= 0.6 is 0 Å². The summed E-state index contributed by atoms with van der Waals surface area (Å²) < 4.78 is 1.94. The number of fused-ring (bicyclic) bond motifs is 1. The predicted octanol–water partition coefficient (Wildman–Crippen LogP) is 3.67. The van der Waals surface area contributed by atoms with E-state index < -0.39 is 5.97 Å². The van der Waals surface area contributed by atoms with Gasteiger partial charge in [-0.05, 0) is 43.9 Å². The maximum atomic E-state index is 10.9. The van der Waals surface area contributed by atoms with E-state index in [2.05, 4.69) is 24.2 Å². The van der Waals surface area contributed by atoms with Gasteiger partial charge < -0.3 is 5.11 Å². The molecular formula is C19H21N3O2. The Balaban J connectivity index is 2.06. The second-order valence-electron chi connectivity index (χ2n) is 6.11. The Labute approximate surface area is 141 Å². The molecule has 1 aromatic carbocycles. The molecule has 3 aromatic rings. The average Bonchev–Trinajstić information content (AvgIpc) is 2.98. The van der Waals surface area contributed by atoms with Gasteiger partial charge in [-0.2, -0.15) is 5.10 Å². The summed E-state index contributed by atoms with van der Waals surface area (Å²) in [7, 11) is 0. The van der Waals surface area contributed by atoms with Gasteiger partial charge in [0.05, 0.1) is 12.2 Å². The molecule has 24 heavy (non-hydrogen) atoms. The number of carboxylic acid groups (broad SMARTS) is 1. The van der Waals surface area contributed by atoms with Crippen molar-refractivity contribution in [3.05, 3.63) is 58.9 Å². The third-order valence-corrected chi connectivity index (χ3v) is 4.57. The molecule has 0 spiro atoms. The van der Waals surface area contributed by atoms with E-state index >= 15 is 0 Å². The second-order valence-corrected chi connectivity index (χ2v) is 6.11. The van der Waals surface area contributed by atoms with Crippen molar-refractivity contribution in [1.29, 1.82) is 0 Å². The number of hydrogen-bond acceptors (Lipinski definition) is 3. The first-order valence-electron chi connectivity index (χ1n) is 8.09. The Morgan fingerprint density at radius 1 is 1.25 bits per heavy atom. The molecule has 1 unspecified atom stereocenters. The summed E-state index contributed by atoms with van der Waals surface area (Å²) in [6.07, 6.45) is 2.44. The molecule has 0 saturated carbocycles. The molecule has 0 aliphatic heterocycles. The van der Waals surface area contributed by atoms with Gasteiger partial charge >= 0.3 is 5.97 Å². The molecule has 3 rings (SSSR count). The highest BCUT2D eigenvalue weighted by atomic mass is 16.4. The van der Waals surface area contributed by atoms with Gasteiger partial charge in [-0.3, -0.25) is 4.79 Å². The summed E-state index contributed by atoms with van der Waals surface area (Å²) in [5.74, 6) is -0.790. The number of carbonyl (C=O) groups is 1. The second kappa shape index (κ2) is 6.43. The van der Waals surface area contributed by atoms with Gasteiger partial charge in [0.2, 0.25) is 0 Å². The van der Waals surface area contributed by atoms with Crippen molar-refractivity contribution >= 4 is 17.0 Å². The molecule has 0 aliphatic carbocycles. The molecule has 5 nitrogen and oxygen atoms in total. The van der Waals surface area contributed by atoms with Crippen LogP contribution in [0.3, 0.4) is 0 Å². The fourth-order valence-electron chi connectivity index (χ4n) is 3.15. The Bertz CT molecular complexity index is 885. The van der Waals surface area contributed by atoms with E-state index in [1.165, 1.54) is 5.56 Å². The van der Waals surface area contributed by atoms with Gasteiger partial charge in [-0.25, -0.2) is 9.67 Å². The predicted molar refractivity (Wildman–Crippen MR) is 93.2 cm³/mol. The highest BCUT2D eigenvalue weighted by molar-refractivity contribution is 5.80. The first kappa shape index (κ1) is 16.2. The van der Waals surface area contributed by atoms with Gasteiger partial charge in [-0.15, -0.1) is 0 Å². The summed E-state index contributed by atoms with van der Waals surface area (Å²) in [6, 6.07) is 10.3. The van der Waals surface area contributed by atoms with Crippen molar-refractivity contribution < 1.29 is 9.90 Å². The lowest BCUT2D eigenvalue weighted by Crippen LogP contribution is -2.10. The van der Waals surface area contributed by atoms with Crippen molar-refractivity contribution in [2.45, 2.75) is 39.7 Å². The third-order valence-electron chi connectivity index (χ3n) is 4.57. The molecule has 0 fully saturated rings. The van der Waals surface area contributed by atoms with Crippen LogP contribution in [0.5, 0.6) is 0 Å². The van der Waals surface area contributed by atoms with E-state index in [1.807, 2.05) is 42.9 Å². The molecule has 0 radical (unpaired) electrons. The van der Waals surface area contributed by atoms with Crippen molar-refractivity contribution in [3.8, 4) is 0 Å². The number of carboxylic acids is 1. The van der Waals surface area contributed by atoms with Crippen LogP contribution in [0.2, 0.25) is 0 Å². The van der Waals surface area contributed by atoms with Gasteiger partial charge in [0.15, 0.2) is 5.65 Å². The molecule has 5 heteroatoms. The number of aryl methyl sites for hydroxylation is 2. The number of pyridine rings is 1. The van der Waals surface area contributed by atoms with Crippen LogP contribution < -0.4 is 0 Å². The summed E-state index contributed by atoms with van der Waals surface area (Å²) in [4.78, 5) is 15.6. The van der Waals surface area contributed by atoms with Gasteiger partial charge in [0.25, 0.3) is 0 Å². The molecule has 2 aromatic heterocycles. The normalized spacial score (nSPS) is 12.5. The number of rotatable bonds is 5. The zero-order valence-electron chi connectivity index (χ0n) is 14.2. The molecule has 1 atom stereocenters. The van der Waals surface area contributed by atoms with Crippen LogP contribution in [-0.4, -0.2) is 25.8 Å². The van der Waals surface area contributed by atoms with E-state index in [0.29, 0.717) is 6.42 Å². The molecule has 1 N–H and O–H groups in total. The summed E-state index contributed by atoms with van der Waals surface area (Å²) in [5.41, 5.74) is 4.99. The van der Waals surface area contributed by atoms with Crippen molar-refractivity contribution in [3.63, 3.8) is 0 Å². The lowest BCUT2D eigenvalue weighted by molar-refractivity contribution is -0.136. The standard InChI is InChI=1S/C19H21N3O2/c1-12-16(9-10-18(23)24)13(2)21-19-17(12)11-20-22(19)14(3)15-7-5-4-6-8-15/h4-8,11,14H,9-10H2,1-3H3,(H,23,24). The average molecular weight is 323 g/mol. The first-order chi connectivity index (χ1) is 11.5. The highest BCUT2D eigenvalue weighted by Gasteiger charge is 2.17. The van der Waals surface area contributed by atoms with Gasteiger partial charge in [0, 0.05) is 17.5 Å². The third kappa shape index (κ3) is 2.89. The quantitative estimate of drug-likeness (QED) is 0.778. The van der Waals surface area contributed by atoms with Gasteiger partial charge in [-0.1, -0.05) is 30.3 Å². The Morgan fingerprint density at radius 3 is 2.62 bits per heavy atom. The maximum absolute atomic E-state index is 10.9. The number of aliphatic carboxylic acids is 1. The fraction of sp³-hybridized carbons (Fsp3) is 0.316. The zero-order chi connectivity index (χ0) is 17.3. The number of hydrogen-bond donors (Lipinski definition) is 1. The van der Waals surface area contributed by atoms with E-state index in [4.69, 9.17) is 10.1 Å². The molecule has 0 bridgehead atoms. The van der Waals surface area contributed by atoms with Crippen LogP contribution in [0.1, 0.15) is 41.8 Å². The van der Waals surface area contributed by atoms with E-state index in [-0.39, 0.29) is 12.5 Å². The fourth-order valence-corrected chi connectivity index (χ4v) is 3.15. The topological polar surface area (TPSA) is 68.0 Å². The monoisotopic (exact) mass is 323 g/mol. The minimum Gasteiger partial charge on any atom is -0.481 e. The van der Waals surface area contributed by atoms with Crippen LogP contribution in [-0.2, 0) is 11.2 Å².